The second-order valence-corrected chi connectivity index (χ2v) is 6.08. The van der Waals surface area contributed by atoms with Crippen molar-refractivity contribution in [2.75, 3.05) is 18.2 Å². The Hall–Kier alpha value is -2.00. The second kappa shape index (κ2) is 8.39. The highest BCUT2D eigenvalue weighted by atomic mass is 35.5. The largest absolute Gasteiger partial charge is 0.497 e. The SMILES string of the molecule is COc1cccc(NC(=S)NNC(=O)c2nc(Cl)c(Cl)c(N)c2Cl)c1. The number of carbonyl (C=O) groups is 1. The number of benzene rings is 1. The van der Waals surface area contributed by atoms with E-state index in [1.807, 2.05) is 0 Å². The lowest BCUT2D eigenvalue weighted by Gasteiger charge is -2.13. The summed E-state index contributed by atoms with van der Waals surface area (Å²) >= 11 is 22.7. The molecule has 132 valence electrons. The number of halogens is 3. The van der Waals surface area contributed by atoms with Gasteiger partial charge in [0.15, 0.2) is 16.0 Å². The minimum Gasteiger partial charge on any atom is -0.497 e. The van der Waals surface area contributed by atoms with E-state index in [2.05, 4.69) is 21.2 Å². The standard InChI is InChI=1S/C14H12Cl3N5O2S/c1-24-7-4-2-3-6(5-7)19-14(25)22-21-13(23)11-8(15)10(18)9(16)12(17)20-11/h2-5H,1H3,(H2,18,20)(H,21,23)(H2,19,22,25). The van der Waals surface area contributed by atoms with E-state index in [-0.39, 0.29) is 31.7 Å². The molecule has 2 aromatic rings. The minimum atomic E-state index is -0.690. The molecule has 5 N–H and O–H groups in total. The molecule has 0 aliphatic rings. The number of nitrogens with zero attached hydrogens (tertiary/aromatic N) is 1. The van der Waals surface area contributed by atoms with Crippen LogP contribution in [0.15, 0.2) is 24.3 Å². The molecule has 0 spiro atoms. The van der Waals surface area contributed by atoms with Crippen molar-refractivity contribution < 1.29 is 9.53 Å². The average Bonchev–Trinajstić information content (AvgIpc) is 2.61. The Bertz CT molecular complexity index is 834. The maximum Gasteiger partial charge on any atom is 0.289 e. The summed E-state index contributed by atoms with van der Waals surface area (Å²) in [6, 6.07) is 7.07. The van der Waals surface area contributed by atoms with Crippen LogP contribution in [0.3, 0.4) is 0 Å². The molecule has 25 heavy (non-hydrogen) atoms. The van der Waals surface area contributed by atoms with Crippen molar-refractivity contribution >= 4 is 69.4 Å². The van der Waals surface area contributed by atoms with E-state index >= 15 is 0 Å². The Labute approximate surface area is 163 Å². The summed E-state index contributed by atoms with van der Waals surface area (Å²) in [4.78, 5) is 16.0. The maximum absolute atomic E-state index is 12.2. The van der Waals surface area contributed by atoms with Gasteiger partial charge in [0.05, 0.1) is 17.8 Å². The van der Waals surface area contributed by atoms with Gasteiger partial charge in [-0.1, -0.05) is 40.9 Å². The van der Waals surface area contributed by atoms with Crippen LogP contribution in [0.4, 0.5) is 11.4 Å². The molecule has 0 radical (unpaired) electrons. The first kappa shape index (κ1) is 19.3. The molecule has 0 atom stereocenters. The molecule has 0 unspecified atom stereocenters. The number of ether oxygens (including phenoxy) is 1. The van der Waals surface area contributed by atoms with Crippen molar-refractivity contribution in [3.8, 4) is 5.75 Å². The van der Waals surface area contributed by atoms with Crippen molar-refractivity contribution in [3.05, 3.63) is 45.2 Å². The first-order chi connectivity index (χ1) is 11.8. The lowest BCUT2D eigenvalue weighted by Crippen LogP contribution is -2.44. The molecular weight excluding hydrogens is 409 g/mol. The molecule has 1 aromatic heterocycles. The van der Waals surface area contributed by atoms with Gasteiger partial charge in [-0.3, -0.25) is 15.6 Å². The van der Waals surface area contributed by atoms with E-state index in [0.29, 0.717) is 11.4 Å². The third kappa shape index (κ3) is 4.76. The molecule has 0 aliphatic carbocycles. The van der Waals surface area contributed by atoms with Gasteiger partial charge < -0.3 is 15.8 Å². The van der Waals surface area contributed by atoms with E-state index in [0.717, 1.165) is 0 Å². The predicted molar refractivity (Wildman–Crippen MR) is 103 cm³/mol. The Morgan fingerprint density at radius 2 is 1.96 bits per heavy atom. The van der Waals surface area contributed by atoms with E-state index in [9.17, 15) is 4.79 Å². The number of methoxy groups -OCH3 is 1. The quantitative estimate of drug-likeness (QED) is 0.343. The number of hydrazine groups is 1. The smallest absolute Gasteiger partial charge is 0.289 e. The summed E-state index contributed by atoms with van der Waals surface area (Å²) in [7, 11) is 1.55. The number of hydrogen-bond acceptors (Lipinski definition) is 5. The van der Waals surface area contributed by atoms with Crippen LogP contribution < -0.4 is 26.6 Å². The fraction of sp³-hybridized carbons (Fsp3) is 0.0714. The number of anilines is 2. The third-order valence-electron chi connectivity index (χ3n) is 2.90. The zero-order valence-electron chi connectivity index (χ0n) is 12.7. The van der Waals surface area contributed by atoms with Gasteiger partial charge in [-0.15, -0.1) is 0 Å². The molecule has 0 saturated heterocycles. The summed E-state index contributed by atoms with van der Waals surface area (Å²) in [6.07, 6.45) is 0. The third-order valence-corrected chi connectivity index (χ3v) is 4.24. The van der Waals surface area contributed by atoms with Gasteiger partial charge >= 0.3 is 0 Å². The molecule has 1 aromatic carbocycles. The van der Waals surface area contributed by atoms with Crippen molar-refractivity contribution in [1.82, 2.24) is 15.8 Å². The number of nitrogens with two attached hydrogens (primary N) is 1. The number of rotatable bonds is 3. The number of nitrogen functional groups attached to an aromatic ring is 1. The highest BCUT2D eigenvalue weighted by Crippen LogP contribution is 2.34. The minimum absolute atomic E-state index is 0.0219. The van der Waals surface area contributed by atoms with Crippen LogP contribution in [0.1, 0.15) is 10.5 Å². The number of hydrogen-bond donors (Lipinski definition) is 4. The highest BCUT2D eigenvalue weighted by molar-refractivity contribution is 7.80. The highest BCUT2D eigenvalue weighted by Gasteiger charge is 2.19. The summed E-state index contributed by atoms with van der Waals surface area (Å²) in [5.74, 6) is -0.0378. The number of aromatic nitrogens is 1. The lowest BCUT2D eigenvalue weighted by molar-refractivity contribution is 0.0939. The zero-order chi connectivity index (χ0) is 18.6. The van der Waals surface area contributed by atoms with Gasteiger partial charge in [-0.25, -0.2) is 4.98 Å². The van der Waals surface area contributed by atoms with Crippen molar-refractivity contribution in [1.29, 1.82) is 0 Å². The van der Waals surface area contributed by atoms with Crippen LogP contribution in [0, 0.1) is 0 Å². The molecule has 0 aliphatic heterocycles. The molecular formula is C14H12Cl3N5O2S. The Balaban J connectivity index is 2.01. The first-order valence-corrected chi connectivity index (χ1v) is 8.19. The monoisotopic (exact) mass is 419 g/mol. The van der Waals surface area contributed by atoms with Gasteiger partial charge in [-0.05, 0) is 24.4 Å². The molecule has 2 rings (SSSR count). The Morgan fingerprint density at radius 1 is 1.24 bits per heavy atom. The summed E-state index contributed by atoms with van der Waals surface area (Å²) in [5, 5.41) is 2.73. The molecule has 0 fully saturated rings. The fourth-order valence-corrected chi connectivity index (χ4v) is 2.48. The number of pyridine rings is 1. The molecule has 1 heterocycles. The van der Waals surface area contributed by atoms with E-state index < -0.39 is 5.91 Å². The molecule has 1 amide bonds. The predicted octanol–water partition coefficient (Wildman–Crippen LogP) is 3.26. The van der Waals surface area contributed by atoms with E-state index in [4.69, 9.17) is 57.5 Å². The first-order valence-electron chi connectivity index (χ1n) is 6.64. The van der Waals surface area contributed by atoms with Gasteiger partial charge in [0.1, 0.15) is 10.8 Å². The average molecular weight is 421 g/mol. The Kier molecular flexibility index (Phi) is 6.49. The van der Waals surface area contributed by atoms with Gasteiger partial charge in [0, 0.05) is 11.8 Å². The number of amides is 1. The van der Waals surface area contributed by atoms with Crippen LogP contribution in [0.25, 0.3) is 0 Å². The van der Waals surface area contributed by atoms with Crippen molar-refractivity contribution in [3.63, 3.8) is 0 Å². The van der Waals surface area contributed by atoms with E-state index in [1.54, 1.807) is 31.4 Å². The zero-order valence-corrected chi connectivity index (χ0v) is 15.8. The maximum atomic E-state index is 12.2. The van der Waals surface area contributed by atoms with Crippen molar-refractivity contribution in [2.45, 2.75) is 0 Å². The summed E-state index contributed by atoms with van der Waals surface area (Å²) in [5.41, 5.74) is 11.0. The lowest BCUT2D eigenvalue weighted by atomic mass is 10.3. The second-order valence-electron chi connectivity index (χ2n) is 4.56. The van der Waals surface area contributed by atoms with Gasteiger partial charge in [-0.2, -0.15) is 0 Å². The summed E-state index contributed by atoms with van der Waals surface area (Å²) in [6.45, 7) is 0. The normalized spacial score (nSPS) is 10.1. The van der Waals surface area contributed by atoms with Crippen LogP contribution >= 0.6 is 47.0 Å². The number of nitrogens with one attached hydrogen (secondary N) is 3. The van der Waals surface area contributed by atoms with Crippen LogP contribution in [0.5, 0.6) is 5.75 Å². The fourth-order valence-electron chi connectivity index (χ4n) is 1.72. The molecule has 0 bridgehead atoms. The molecule has 0 saturated carbocycles. The van der Waals surface area contributed by atoms with Crippen LogP contribution in [-0.4, -0.2) is 23.1 Å². The van der Waals surface area contributed by atoms with Crippen LogP contribution in [-0.2, 0) is 0 Å². The Morgan fingerprint density at radius 3 is 2.64 bits per heavy atom. The number of thiocarbonyl (C=S) groups is 1. The van der Waals surface area contributed by atoms with Crippen molar-refractivity contribution in [2.24, 2.45) is 0 Å². The van der Waals surface area contributed by atoms with E-state index in [1.165, 1.54) is 0 Å². The van der Waals surface area contributed by atoms with Crippen LogP contribution in [0.2, 0.25) is 15.2 Å². The van der Waals surface area contributed by atoms with Gasteiger partial charge in [0.25, 0.3) is 5.91 Å². The van der Waals surface area contributed by atoms with Gasteiger partial charge in [0.2, 0.25) is 0 Å². The molecule has 7 nitrogen and oxygen atoms in total. The number of carbonyl (C=O) groups excluding carboxylic acids is 1. The summed E-state index contributed by atoms with van der Waals surface area (Å²) < 4.78 is 5.11. The topological polar surface area (TPSA) is 101 Å². The molecule has 11 heteroatoms.